The summed E-state index contributed by atoms with van der Waals surface area (Å²) in [5, 5.41) is 9.93. The van der Waals surface area contributed by atoms with Crippen LogP contribution in [0.3, 0.4) is 0 Å². The molecule has 0 saturated heterocycles. The van der Waals surface area contributed by atoms with Gasteiger partial charge in [-0.3, -0.25) is 4.79 Å². The second kappa shape index (κ2) is 8.30. The van der Waals surface area contributed by atoms with Gasteiger partial charge in [-0.05, 0) is 50.1 Å². The molecule has 5 heteroatoms. The van der Waals surface area contributed by atoms with E-state index in [9.17, 15) is 4.79 Å². The van der Waals surface area contributed by atoms with Crippen molar-refractivity contribution in [3.63, 3.8) is 0 Å². The summed E-state index contributed by atoms with van der Waals surface area (Å²) in [6.07, 6.45) is 3.76. The number of carbonyl (C=O) groups is 1. The summed E-state index contributed by atoms with van der Waals surface area (Å²) >= 11 is 11.8. The predicted molar refractivity (Wildman–Crippen MR) is 84.0 cm³/mol. The van der Waals surface area contributed by atoms with Crippen molar-refractivity contribution in [1.29, 1.82) is 0 Å². The van der Waals surface area contributed by atoms with E-state index in [0.29, 0.717) is 23.0 Å². The van der Waals surface area contributed by atoms with Gasteiger partial charge in [0.05, 0.1) is 0 Å². The van der Waals surface area contributed by atoms with Crippen molar-refractivity contribution < 1.29 is 9.90 Å². The Morgan fingerprint density at radius 1 is 1.30 bits per heavy atom. The SMILES string of the molecule is CC(C)N(CCCO)C(=O)/C=C/c1cc(Cl)cc(Cl)c1. The maximum absolute atomic E-state index is 12.1. The monoisotopic (exact) mass is 315 g/mol. The van der Waals surface area contributed by atoms with Gasteiger partial charge in [-0.1, -0.05) is 23.2 Å². The minimum Gasteiger partial charge on any atom is -0.396 e. The molecule has 0 atom stereocenters. The van der Waals surface area contributed by atoms with Crippen LogP contribution in [0.2, 0.25) is 10.0 Å². The lowest BCUT2D eigenvalue weighted by molar-refractivity contribution is -0.127. The van der Waals surface area contributed by atoms with Gasteiger partial charge in [-0.15, -0.1) is 0 Å². The maximum atomic E-state index is 12.1. The normalized spacial score (nSPS) is 11.3. The number of aliphatic hydroxyl groups is 1. The van der Waals surface area contributed by atoms with Crippen LogP contribution < -0.4 is 0 Å². The lowest BCUT2D eigenvalue weighted by atomic mass is 10.2. The van der Waals surface area contributed by atoms with Gasteiger partial charge in [0.15, 0.2) is 0 Å². The summed E-state index contributed by atoms with van der Waals surface area (Å²) in [5.41, 5.74) is 0.779. The van der Waals surface area contributed by atoms with Gasteiger partial charge >= 0.3 is 0 Å². The summed E-state index contributed by atoms with van der Waals surface area (Å²) in [5.74, 6) is -0.0930. The number of rotatable bonds is 6. The van der Waals surface area contributed by atoms with E-state index in [1.165, 1.54) is 6.08 Å². The van der Waals surface area contributed by atoms with Crippen molar-refractivity contribution in [2.24, 2.45) is 0 Å². The van der Waals surface area contributed by atoms with E-state index in [1.54, 1.807) is 29.2 Å². The third-order valence-corrected chi connectivity index (χ3v) is 3.20. The largest absolute Gasteiger partial charge is 0.396 e. The molecule has 1 rings (SSSR count). The smallest absolute Gasteiger partial charge is 0.246 e. The first-order chi connectivity index (χ1) is 9.43. The molecule has 1 aromatic rings. The van der Waals surface area contributed by atoms with Crippen LogP contribution in [0.4, 0.5) is 0 Å². The first-order valence-electron chi connectivity index (χ1n) is 6.49. The fraction of sp³-hybridized carbons (Fsp3) is 0.400. The van der Waals surface area contributed by atoms with Gasteiger partial charge < -0.3 is 10.0 Å². The molecule has 0 aliphatic heterocycles. The first-order valence-corrected chi connectivity index (χ1v) is 7.25. The molecule has 110 valence electrons. The highest BCUT2D eigenvalue weighted by Gasteiger charge is 2.13. The highest BCUT2D eigenvalue weighted by atomic mass is 35.5. The zero-order chi connectivity index (χ0) is 15.1. The summed E-state index contributed by atoms with van der Waals surface area (Å²) in [7, 11) is 0. The highest BCUT2D eigenvalue weighted by Crippen LogP contribution is 2.20. The molecule has 1 aromatic carbocycles. The van der Waals surface area contributed by atoms with Crippen LogP contribution in [-0.2, 0) is 4.79 Å². The molecule has 0 spiro atoms. The minimum absolute atomic E-state index is 0.0735. The van der Waals surface area contributed by atoms with E-state index in [0.717, 1.165) is 5.56 Å². The molecule has 20 heavy (non-hydrogen) atoms. The second-order valence-electron chi connectivity index (χ2n) is 4.74. The molecule has 0 radical (unpaired) electrons. The Hall–Kier alpha value is -1.03. The zero-order valence-electron chi connectivity index (χ0n) is 11.6. The average Bonchev–Trinajstić information content (AvgIpc) is 2.35. The Bertz CT molecular complexity index is 467. The summed E-state index contributed by atoms with van der Waals surface area (Å²) in [6, 6.07) is 5.21. The number of carbonyl (C=O) groups excluding carboxylic acids is 1. The average molecular weight is 316 g/mol. The predicted octanol–water partition coefficient (Wildman–Crippen LogP) is 3.63. The third-order valence-electron chi connectivity index (χ3n) is 2.77. The Morgan fingerprint density at radius 3 is 2.40 bits per heavy atom. The Labute approximate surface area is 129 Å². The van der Waals surface area contributed by atoms with Crippen LogP contribution >= 0.6 is 23.2 Å². The lowest BCUT2D eigenvalue weighted by Gasteiger charge is -2.25. The number of amides is 1. The van der Waals surface area contributed by atoms with Crippen molar-refractivity contribution in [3.8, 4) is 0 Å². The van der Waals surface area contributed by atoms with Crippen LogP contribution in [0, 0.1) is 0 Å². The van der Waals surface area contributed by atoms with E-state index >= 15 is 0 Å². The van der Waals surface area contributed by atoms with Crippen molar-refractivity contribution in [1.82, 2.24) is 4.90 Å². The topological polar surface area (TPSA) is 40.5 Å². The Morgan fingerprint density at radius 2 is 1.90 bits per heavy atom. The summed E-state index contributed by atoms with van der Waals surface area (Å²) < 4.78 is 0. The van der Waals surface area contributed by atoms with Crippen molar-refractivity contribution >= 4 is 35.2 Å². The molecule has 1 N–H and O–H groups in total. The number of benzene rings is 1. The molecular formula is C15H19Cl2NO2. The molecule has 0 aliphatic rings. The summed E-state index contributed by atoms with van der Waals surface area (Å²) in [4.78, 5) is 13.8. The van der Waals surface area contributed by atoms with Gasteiger partial charge in [-0.2, -0.15) is 0 Å². The van der Waals surface area contributed by atoms with Gasteiger partial charge in [-0.25, -0.2) is 0 Å². The quantitative estimate of drug-likeness (QED) is 0.814. The van der Waals surface area contributed by atoms with Crippen molar-refractivity contribution in [2.75, 3.05) is 13.2 Å². The first kappa shape index (κ1) is 17.0. The molecule has 0 aliphatic carbocycles. The molecule has 0 bridgehead atoms. The van der Waals surface area contributed by atoms with Gasteiger partial charge in [0, 0.05) is 35.3 Å². The number of nitrogens with zero attached hydrogens (tertiary/aromatic N) is 1. The molecule has 0 saturated carbocycles. The van der Waals surface area contributed by atoms with Crippen LogP contribution in [0.15, 0.2) is 24.3 Å². The summed E-state index contributed by atoms with van der Waals surface area (Å²) in [6.45, 7) is 4.50. The van der Waals surface area contributed by atoms with Crippen molar-refractivity contribution in [3.05, 3.63) is 39.9 Å². The number of hydrogen-bond donors (Lipinski definition) is 1. The number of aliphatic hydroxyl groups excluding tert-OH is 1. The molecule has 1 amide bonds. The van der Waals surface area contributed by atoms with Crippen molar-refractivity contribution in [2.45, 2.75) is 26.3 Å². The van der Waals surface area contributed by atoms with Crippen LogP contribution in [0.25, 0.3) is 6.08 Å². The van der Waals surface area contributed by atoms with E-state index in [-0.39, 0.29) is 18.6 Å². The van der Waals surface area contributed by atoms with Crippen LogP contribution in [-0.4, -0.2) is 35.1 Å². The standard InChI is InChI=1S/C15H19Cl2NO2/c1-11(2)18(6-3-7-19)15(20)5-4-12-8-13(16)10-14(17)9-12/h4-5,8-11,19H,3,6-7H2,1-2H3/b5-4+. The van der Waals surface area contributed by atoms with E-state index in [1.807, 2.05) is 13.8 Å². The molecule has 0 aromatic heterocycles. The molecule has 3 nitrogen and oxygen atoms in total. The highest BCUT2D eigenvalue weighted by molar-refractivity contribution is 6.34. The van der Waals surface area contributed by atoms with Gasteiger partial charge in [0.2, 0.25) is 5.91 Å². The van der Waals surface area contributed by atoms with E-state index in [2.05, 4.69) is 0 Å². The van der Waals surface area contributed by atoms with Crippen LogP contribution in [0.5, 0.6) is 0 Å². The Balaban J connectivity index is 2.78. The Kier molecular flexibility index (Phi) is 7.06. The molecule has 0 heterocycles. The van der Waals surface area contributed by atoms with Gasteiger partial charge in [0.1, 0.15) is 0 Å². The van der Waals surface area contributed by atoms with E-state index < -0.39 is 0 Å². The number of halogens is 2. The third kappa shape index (κ3) is 5.53. The maximum Gasteiger partial charge on any atom is 0.246 e. The van der Waals surface area contributed by atoms with Crippen LogP contribution in [0.1, 0.15) is 25.8 Å². The minimum atomic E-state index is -0.0930. The van der Waals surface area contributed by atoms with E-state index in [4.69, 9.17) is 28.3 Å². The zero-order valence-corrected chi connectivity index (χ0v) is 13.2. The number of hydrogen-bond acceptors (Lipinski definition) is 2. The molecule has 0 unspecified atom stereocenters. The fourth-order valence-electron chi connectivity index (χ4n) is 1.80. The second-order valence-corrected chi connectivity index (χ2v) is 5.61. The molecular weight excluding hydrogens is 297 g/mol. The lowest BCUT2D eigenvalue weighted by Crippen LogP contribution is -2.36. The fourth-order valence-corrected chi connectivity index (χ4v) is 2.34. The molecule has 0 fully saturated rings. The van der Waals surface area contributed by atoms with Gasteiger partial charge in [0.25, 0.3) is 0 Å².